The number of fused-ring (bicyclic) bond motifs is 1. The molecule has 0 spiro atoms. The molecule has 1 amide bonds. The minimum Gasteiger partial charge on any atom is -0.328 e. The number of aryl methyl sites for hydroxylation is 2. The lowest BCUT2D eigenvalue weighted by atomic mass is 10.0. The molecule has 1 N–H and O–H groups in total. The number of pyridine rings is 1. The Morgan fingerprint density at radius 2 is 1.96 bits per heavy atom. The topological polar surface area (TPSA) is 77.1 Å². The molecule has 0 aliphatic rings. The Kier molecular flexibility index (Phi) is 3.96. The van der Waals surface area contributed by atoms with Gasteiger partial charge in [0.25, 0.3) is 0 Å². The van der Waals surface area contributed by atoms with E-state index in [4.69, 9.17) is 0 Å². The van der Waals surface area contributed by atoms with E-state index in [1.807, 2.05) is 18.3 Å². The maximum absolute atomic E-state index is 12.1. The van der Waals surface area contributed by atoms with E-state index in [9.17, 15) is 4.79 Å². The summed E-state index contributed by atoms with van der Waals surface area (Å²) in [7, 11) is 0. The normalized spacial score (nSPS) is 11.0. The molecule has 4 aromatic rings. The van der Waals surface area contributed by atoms with E-state index in [0.717, 1.165) is 11.1 Å². The maximum atomic E-state index is 12.1. The Morgan fingerprint density at radius 3 is 2.73 bits per heavy atom. The second kappa shape index (κ2) is 6.44. The molecule has 0 bridgehead atoms. The molecule has 4 rings (SSSR count). The molecule has 0 aliphatic heterocycles. The van der Waals surface area contributed by atoms with Gasteiger partial charge in [0.15, 0.2) is 5.65 Å². The number of rotatable bonds is 4. The van der Waals surface area contributed by atoms with Gasteiger partial charge in [-0.1, -0.05) is 18.2 Å². The lowest BCUT2D eigenvalue weighted by molar-refractivity contribution is -0.116. The first-order chi connectivity index (χ1) is 12.6. The molecule has 0 fully saturated rings. The zero-order chi connectivity index (χ0) is 18.1. The van der Waals surface area contributed by atoms with E-state index in [-0.39, 0.29) is 18.4 Å². The quantitative estimate of drug-likeness (QED) is 0.616. The molecule has 0 atom stereocenters. The summed E-state index contributed by atoms with van der Waals surface area (Å²) in [6, 6.07) is 10.3. The van der Waals surface area contributed by atoms with Crippen LogP contribution < -0.4 is 5.32 Å². The number of amides is 1. The van der Waals surface area contributed by atoms with E-state index >= 15 is 0 Å². The zero-order valence-corrected chi connectivity index (χ0v) is 14.5. The smallest absolute Gasteiger partial charge is 0.249 e. The Hall–Kier alpha value is -3.48. The Labute approximate surface area is 150 Å². The minimum atomic E-state index is -0.201. The van der Waals surface area contributed by atoms with E-state index in [1.165, 1.54) is 11.1 Å². The van der Waals surface area contributed by atoms with Crippen molar-refractivity contribution in [2.45, 2.75) is 20.4 Å². The van der Waals surface area contributed by atoms with Crippen LogP contribution in [0.15, 0.2) is 55.2 Å². The van der Waals surface area contributed by atoms with Crippen molar-refractivity contribution in [1.29, 1.82) is 0 Å². The average Bonchev–Trinajstić information content (AvgIpc) is 3.25. The number of nitrogens with zero attached hydrogens (tertiary/aromatic N) is 5. The monoisotopic (exact) mass is 346 g/mol. The molecule has 0 radical (unpaired) electrons. The highest BCUT2D eigenvalue weighted by Gasteiger charge is 2.09. The van der Waals surface area contributed by atoms with Gasteiger partial charge < -0.3 is 4.57 Å². The Bertz CT molecular complexity index is 1080. The summed E-state index contributed by atoms with van der Waals surface area (Å²) >= 11 is 0. The number of aromatic nitrogens is 5. The number of nitrogens with one attached hydrogen (secondary N) is 1. The SMILES string of the molecule is Cc1ccc(-c2ccc3nc(NC(=O)Cn4ccnc4)nn3c2)cc1C. The fourth-order valence-electron chi connectivity index (χ4n) is 2.74. The van der Waals surface area contributed by atoms with E-state index in [1.54, 1.807) is 27.8 Å². The van der Waals surface area contributed by atoms with Crippen molar-refractivity contribution in [2.24, 2.45) is 0 Å². The summed E-state index contributed by atoms with van der Waals surface area (Å²) < 4.78 is 3.36. The number of imidazole rings is 1. The lowest BCUT2D eigenvalue weighted by Crippen LogP contribution is -2.18. The van der Waals surface area contributed by atoms with Gasteiger partial charge in [-0.15, -0.1) is 5.10 Å². The van der Waals surface area contributed by atoms with Gasteiger partial charge in [0.2, 0.25) is 11.9 Å². The molecule has 7 nitrogen and oxygen atoms in total. The van der Waals surface area contributed by atoms with Crippen LogP contribution in [0.3, 0.4) is 0 Å². The van der Waals surface area contributed by atoms with Gasteiger partial charge in [0.1, 0.15) is 6.54 Å². The van der Waals surface area contributed by atoms with Gasteiger partial charge in [0.05, 0.1) is 6.33 Å². The summed E-state index contributed by atoms with van der Waals surface area (Å²) in [6.45, 7) is 4.36. The number of hydrogen-bond donors (Lipinski definition) is 1. The number of benzene rings is 1. The van der Waals surface area contributed by atoms with Gasteiger partial charge in [-0.2, -0.15) is 4.98 Å². The summed E-state index contributed by atoms with van der Waals surface area (Å²) in [4.78, 5) is 20.3. The Balaban J connectivity index is 1.57. The van der Waals surface area contributed by atoms with Crippen molar-refractivity contribution >= 4 is 17.5 Å². The van der Waals surface area contributed by atoms with Gasteiger partial charge >= 0.3 is 0 Å². The number of anilines is 1. The number of hydrogen-bond acceptors (Lipinski definition) is 4. The molecule has 3 heterocycles. The van der Waals surface area contributed by atoms with E-state index < -0.39 is 0 Å². The molecule has 0 unspecified atom stereocenters. The fourth-order valence-corrected chi connectivity index (χ4v) is 2.74. The third kappa shape index (κ3) is 3.19. The molecule has 7 heteroatoms. The maximum Gasteiger partial charge on any atom is 0.249 e. The molecular formula is C19H18N6O. The Morgan fingerprint density at radius 1 is 1.12 bits per heavy atom. The second-order valence-corrected chi connectivity index (χ2v) is 6.24. The van der Waals surface area contributed by atoms with Gasteiger partial charge in [-0.05, 0) is 42.7 Å². The van der Waals surface area contributed by atoms with Crippen molar-refractivity contribution in [3.05, 3.63) is 66.4 Å². The van der Waals surface area contributed by atoms with Crippen LogP contribution in [-0.4, -0.2) is 30.1 Å². The van der Waals surface area contributed by atoms with E-state index in [2.05, 4.69) is 52.4 Å². The van der Waals surface area contributed by atoms with Crippen molar-refractivity contribution in [3.8, 4) is 11.1 Å². The lowest BCUT2D eigenvalue weighted by Gasteiger charge is -2.05. The van der Waals surface area contributed by atoms with Gasteiger partial charge in [-0.3, -0.25) is 10.1 Å². The highest BCUT2D eigenvalue weighted by atomic mass is 16.2. The molecule has 0 saturated carbocycles. The van der Waals surface area contributed by atoms with Crippen molar-refractivity contribution < 1.29 is 4.79 Å². The van der Waals surface area contributed by atoms with Crippen LogP contribution >= 0.6 is 0 Å². The zero-order valence-electron chi connectivity index (χ0n) is 14.5. The first-order valence-electron chi connectivity index (χ1n) is 8.28. The molecule has 0 saturated heterocycles. The molecule has 1 aromatic carbocycles. The standard InChI is InChI=1S/C19H18N6O/c1-13-3-4-15(9-14(13)2)16-5-6-17-21-19(23-25(17)10-16)22-18(26)11-24-8-7-20-12-24/h3-10,12H,11H2,1-2H3,(H,22,23,26). The fraction of sp³-hybridized carbons (Fsp3) is 0.158. The summed E-state index contributed by atoms with van der Waals surface area (Å²) in [5, 5.41) is 7.07. The minimum absolute atomic E-state index is 0.170. The summed E-state index contributed by atoms with van der Waals surface area (Å²) in [6.07, 6.45) is 6.86. The predicted octanol–water partition coefficient (Wildman–Crippen LogP) is 2.85. The van der Waals surface area contributed by atoms with Crippen LogP contribution in [0.25, 0.3) is 16.8 Å². The van der Waals surface area contributed by atoms with Crippen LogP contribution in [0.5, 0.6) is 0 Å². The third-order valence-electron chi connectivity index (χ3n) is 4.31. The summed E-state index contributed by atoms with van der Waals surface area (Å²) in [5.74, 6) is 0.0839. The highest BCUT2D eigenvalue weighted by Crippen LogP contribution is 2.22. The number of carbonyl (C=O) groups excluding carboxylic acids is 1. The van der Waals surface area contributed by atoms with Crippen LogP contribution in [0.4, 0.5) is 5.95 Å². The summed E-state index contributed by atoms with van der Waals surface area (Å²) in [5.41, 5.74) is 5.35. The van der Waals surface area contributed by atoms with Crippen LogP contribution in [-0.2, 0) is 11.3 Å². The second-order valence-electron chi connectivity index (χ2n) is 6.24. The predicted molar refractivity (Wildman–Crippen MR) is 98.8 cm³/mol. The highest BCUT2D eigenvalue weighted by molar-refractivity contribution is 5.89. The molecule has 3 aromatic heterocycles. The first-order valence-corrected chi connectivity index (χ1v) is 8.28. The first kappa shape index (κ1) is 16.0. The average molecular weight is 346 g/mol. The van der Waals surface area contributed by atoms with Crippen molar-refractivity contribution in [3.63, 3.8) is 0 Å². The molecule has 130 valence electrons. The van der Waals surface area contributed by atoms with Gasteiger partial charge in [-0.25, -0.2) is 9.50 Å². The van der Waals surface area contributed by atoms with E-state index in [0.29, 0.717) is 5.65 Å². The largest absolute Gasteiger partial charge is 0.328 e. The van der Waals surface area contributed by atoms with Crippen LogP contribution in [0.1, 0.15) is 11.1 Å². The third-order valence-corrected chi connectivity index (χ3v) is 4.31. The van der Waals surface area contributed by atoms with Crippen molar-refractivity contribution in [1.82, 2.24) is 24.1 Å². The number of carbonyl (C=O) groups is 1. The van der Waals surface area contributed by atoms with Crippen LogP contribution in [0, 0.1) is 13.8 Å². The van der Waals surface area contributed by atoms with Crippen molar-refractivity contribution in [2.75, 3.05) is 5.32 Å². The molecule has 0 aliphatic carbocycles. The molecular weight excluding hydrogens is 328 g/mol. The molecule has 26 heavy (non-hydrogen) atoms. The van der Waals surface area contributed by atoms with Gasteiger partial charge in [0, 0.05) is 24.2 Å². The van der Waals surface area contributed by atoms with Crippen LogP contribution in [0.2, 0.25) is 0 Å².